The van der Waals surface area contributed by atoms with Gasteiger partial charge in [-0.1, -0.05) is 18.6 Å². The van der Waals surface area contributed by atoms with Crippen LogP contribution in [-0.2, 0) is 16.1 Å². The van der Waals surface area contributed by atoms with E-state index in [0.29, 0.717) is 36.2 Å². The van der Waals surface area contributed by atoms with E-state index in [9.17, 15) is 19.5 Å². The number of likely N-dealkylation sites (tertiary alicyclic amines) is 1. The van der Waals surface area contributed by atoms with Gasteiger partial charge in [-0.3, -0.25) is 24.6 Å². The van der Waals surface area contributed by atoms with Crippen LogP contribution in [0.3, 0.4) is 0 Å². The number of aromatic hydroxyl groups is 1. The number of nitrogens with one attached hydrogen (secondary N) is 1. The van der Waals surface area contributed by atoms with E-state index in [2.05, 4.69) is 10.2 Å². The highest BCUT2D eigenvalue weighted by Crippen LogP contribution is 2.37. The number of benzene rings is 2. The average Bonchev–Trinajstić information content (AvgIpc) is 3.16. The van der Waals surface area contributed by atoms with Crippen molar-refractivity contribution in [1.29, 1.82) is 0 Å². The average molecular weight is 490 g/mol. The van der Waals surface area contributed by atoms with Gasteiger partial charge in [0.25, 0.3) is 5.91 Å². The molecule has 3 amide bonds. The Hall–Kier alpha value is -3.39. The van der Waals surface area contributed by atoms with E-state index in [1.54, 1.807) is 23.1 Å². The smallest absolute Gasteiger partial charge is 0.255 e. The van der Waals surface area contributed by atoms with E-state index in [4.69, 9.17) is 4.74 Å². The fourth-order valence-electron chi connectivity index (χ4n) is 6.17. The molecule has 1 aliphatic carbocycles. The molecule has 0 aromatic heterocycles. The van der Waals surface area contributed by atoms with Crippen molar-refractivity contribution in [2.24, 2.45) is 0 Å². The first-order valence-corrected chi connectivity index (χ1v) is 12.9. The molecule has 3 heterocycles. The van der Waals surface area contributed by atoms with Gasteiger partial charge in [-0.2, -0.15) is 0 Å². The molecule has 1 unspecified atom stereocenters. The number of ether oxygens (including phenoxy) is 1. The first kappa shape index (κ1) is 23.0. The van der Waals surface area contributed by atoms with Crippen molar-refractivity contribution >= 4 is 17.7 Å². The van der Waals surface area contributed by atoms with Crippen LogP contribution >= 0.6 is 0 Å². The van der Waals surface area contributed by atoms with Gasteiger partial charge >= 0.3 is 0 Å². The van der Waals surface area contributed by atoms with Gasteiger partial charge in [0, 0.05) is 43.6 Å². The first-order valence-electron chi connectivity index (χ1n) is 12.9. The zero-order valence-electron chi connectivity index (χ0n) is 20.2. The molecule has 6 rings (SSSR count). The molecule has 8 nitrogen and oxygen atoms in total. The second kappa shape index (κ2) is 9.24. The van der Waals surface area contributed by atoms with E-state index in [-0.39, 0.29) is 24.3 Å². The van der Waals surface area contributed by atoms with Gasteiger partial charge in [0.1, 0.15) is 23.6 Å². The van der Waals surface area contributed by atoms with Crippen LogP contribution in [-0.4, -0.2) is 63.9 Å². The first-order chi connectivity index (χ1) is 17.5. The summed E-state index contributed by atoms with van der Waals surface area (Å²) >= 11 is 0. The molecular formula is C28H31N3O5. The predicted octanol–water partition coefficient (Wildman–Crippen LogP) is 2.94. The van der Waals surface area contributed by atoms with Crippen molar-refractivity contribution in [2.75, 3.05) is 13.1 Å². The number of rotatable bonds is 5. The highest BCUT2D eigenvalue weighted by atomic mass is 16.5. The summed E-state index contributed by atoms with van der Waals surface area (Å²) in [5.74, 6) is 0.704. The summed E-state index contributed by atoms with van der Waals surface area (Å²) in [7, 11) is 0. The van der Waals surface area contributed by atoms with E-state index in [0.717, 1.165) is 43.7 Å². The molecule has 3 atom stereocenters. The van der Waals surface area contributed by atoms with Crippen molar-refractivity contribution < 1.29 is 24.2 Å². The zero-order chi connectivity index (χ0) is 24.8. The maximum Gasteiger partial charge on any atom is 0.255 e. The third-order valence-corrected chi connectivity index (χ3v) is 8.19. The quantitative estimate of drug-likeness (QED) is 0.627. The molecule has 8 heteroatoms. The van der Waals surface area contributed by atoms with E-state index < -0.39 is 11.9 Å². The van der Waals surface area contributed by atoms with E-state index in [1.165, 1.54) is 12.0 Å². The van der Waals surface area contributed by atoms with Crippen LogP contribution in [0.4, 0.5) is 0 Å². The number of carbonyl (C=O) groups is 3. The number of phenols is 1. The molecule has 1 saturated carbocycles. The molecule has 188 valence electrons. The summed E-state index contributed by atoms with van der Waals surface area (Å²) < 4.78 is 6.53. The lowest BCUT2D eigenvalue weighted by molar-refractivity contribution is -0.136. The minimum atomic E-state index is -0.609. The van der Waals surface area contributed by atoms with Crippen molar-refractivity contribution in [3.63, 3.8) is 0 Å². The van der Waals surface area contributed by atoms with Gasteiger partial charge in [-0.25, -0.2) is 0 Å². The summed E-state index contributed by atoms with van der Waals surface area (Å²) in [5, 5.41) is 11.9. The van der Waals surface area contributed by atoms with Gasteiger partial charge in [-0.15, -0.1) is 0 Å². The summed E-state index contributed by atoms with van der Waals surface area (Å²) in [6, 6.07) is 12.9. The predicted molar refractivity (Wildman–Crippen MR) is 132 cm³/mol. The molecule has 36 heavy (non-hydrogen) atoms. The Morgan fingerprint density at radius 3 is 2.50 bits per heavy atom. The minimum absolute atomic E-state index is 0.0981. The standard InChI is InChI=1S/C28H31N3O5/c32-20-7-5-17(6-8-20)19-14-30(15-19)23-3-1-2-4-25(23)36-21-9-10-22-18(13-21)16-31(28(22)35)24-11-12-26(33)29-27(24)34/h5-10,13,19,23-25,32H,1-4,11-12,14-16H2,(H,29,33,34)/t23-,24?,25+/m1/s1. The number of hydrogen-bond donors (Lipinski definition) is 2. The SMILES string of the molecule is O=C1CCC(N2Cc3cc(O[C@H]4CCCC[C@H]4N4CC(c5ccc(O)cc5)C4)ccc3C2=O)C(=O)N1. The third-order valence-electron chi connectivity index (χ3n) is 8.19. The number of phenolic OH excluding ortho intramolecular Hbond substituents is 1. The minimum Gasteiger partial charge on any atom is -0.508 e. The highest BCUT2D eigenvalue weighted by molar-refractivity contribution is 6.05. The van der Waals surface area contributed by atoms with Gasteiger partial charge in [0.2, 0.25) is 11.8 Å². The lowest BCUT2D eigenvalue weighted by atomic mass is 9.84. The van der Waals surface area contributed by atoms with Gasteiger partial charge < -0.3 is 14.7 Å². The van der Waals surface area contributed by atoms with Crippen LogP contribution < -0.4 is 10.1 Å². The van der Waals surface area contributed by atoms with Crippen molar-refractivity contribution in [3.05, 3.63) is 59.2 Å². The number of amides is 3. The molecule has 0 radical (unpaired) electrons. The molecule has 2 aromatic carbocycles. The molecule has 0 spiro atoms. The van der Waals surface area contributed by atoms with Crippen LogP contribution in [0.1, 0.15) is 65.9 Å². The topological polar surface area (TPSA) is 99.2 Å². The lowest BCUT2D eigenvalue weighted by Crippen LogP contribution is -2.57. The third kappa shape index (κ3) is 4.23. The monoisotopic (exact) mass is 489 g/mol. The van der Waals surface area contributed by atoms with E-state index >= 15 is 0 Å². The second-order valence-corrected chi connectivity index (χ2v) is 10.5. The second-order valence-electron chi connectivity index (χ2n) is 10.5. The lowest BCUT2D eigenvalue weighted by Gasteiger charge is -2.48. The Morgan fingerprint density at radius 1 is 0.944 bits per heavy atom. The maximum absolute atomic E-state index is 13.0. The molecule has 4 aliphatic rings. The van der Waals surface area contributed by atoms with Gasteiger partial charge in [-0.05, 0) is 67.1 Å². The van der Waals surface area contributed by atoms with Crippen LogP contribution in [0.15, 0.2) is 42.5 Å². The van der Waals surface area contributed by atoms with Gasteiger partial charge in [0.15, 0.2) is 0 Å². The number of fused-ring (bicyclic) bond motifs is 1. The molecule has 2 saturated heterocycles. The Morgan fingerprint density at radius 2 is 1.72 bits per heavy atom. The van der Waals surface area contributed by atoms with Crippen LogP contribution in [0.5, 0.6) is 11.5 Å². The van der Waals surface area contributed by atoms with Crippen molar-refractivity contribution in [3.8, 4) is 11.5 Å². The Kier molecular flexibility index (Phi) is 5.91. The molecular weight excluding hydrogens is 458 g/mol. The molecule has 2 aromatic rings. The fraction of sp³-hybridized carbons (Fsp3) is 0.464. The fourth-order valence-corrected chi connectivity index (χ4v) is 6.17. The maximum atomic E-state index is 13.0. The molecule has 2 N–H and O–H groups in total. The normalized spacial score (nSPS) is 26.9. The Labute approximate surface area is 210 Å². The van der Waals surface area contributed by atoms with Crippen LogP contribution in [0, 0.1) is 0 Å². The Balaban J connectivity index is 1.11. The number of hydrogen-bond acceptors (Lipinski definition) is 6. The highest BCUT2D eigenvalue weighted by Gasteiger charge is 2.41. The summed E-state index contributed by atoms with van der Waals surface area (Å²) in [6.45, 7) is 2.34. The number of imide groups is 1. The summed E-state index contributed by atoms with van der Waals surface area (Å²) in [4.78, 5) is 40.9. The molecule has 3 aliphatic heterocycles. The van der Waals surface area contributed by atoms with Crippen molar-refractivity contribution in [2.45, 2.75) is 69.2 Å². The van der Waals surface area contributed by atoms with Crippen LogP contribution in [0.25, 0.3) is 0 Å². The molecule has 3 fully saturated rings. The molecule has 0 bridgehead atoms. The number of nitrogens with zero attached hydrogens (tertiary/aromatic N) is 2. The summed E-state index contributed by atoms with van der Waals surface area (Å²) in [5.41, 5.74) is 2.74. The largest absolute Gasteiger partial charge is 0.508 e. The van der Waals surface area contributed by atoms with Crippen molar-refractivity contribution in [1.82, 2.24) is 15.1 Å². The van der Waals surface area contributed by atoms with Gasteiger partial charge in [0.05, 0.1) is 0 Å². The zero-order valence-corrected chi connectivity index (χ0v) is 20.2. The number of piperidine rings is 1. The van der Waals surface area contributed by atoms with E-state index in [1.807, 2.05) is 24.3 Å². The van der Waals surface area contributed by atoms with Crippen LogP contribution in [0.2, 0.25) is 0 Å². The number of carbonyl (C=O) groups excluding carboxylic acids is 3. The Bertz CT molecular complexity index is 1190. The summed E-state index contributed by atoms with van der Waals surface area (Å²) in [6.07, 6.45) is 5.16.